The van der Waals surface area contributed by atoms with Gasteiger partial charge in [-0.3, -0.25) is 4.79 Å². The standard InChI is InChI=1S/C17H34N2O/c1-3-5-6-7-8-9-12-17(20)19-14-16-15(4-2)11-10-13-18-16/h15-16,18H,3-14H2,1-2H3,(H,19,20). The molecule has 1 aliphatic rings. The Morgan fingerprint density at radius 3 is 2.65 bits per heavy atom. The molecule has 0 spiro atoms. The Labute approximate surface area is 125 Å². The van der Waals surface area contributed by atoms with Crippen molar-refractivity contribution in [2.45, 2.75) is 84.1 Å². The van der Waals surface area contributed by atoms with E-state index in [0.717, 1.165) is 25.4 Å². The van der Waals surface area contributed by atoms with Crippen LogP contribution in [-0.2, 0) is 4.79 Å². The second kappa shape index (κ2) is 11.1. The SMILES string of the molecule is CCCCCCCCC(=O)NCC1NCCCC1CC. The summed E-state index contributed by atoms with van der Waals surface area (Å²) in [6, 6.07) is 0.488. The molecular formula is C17H34N2O. The molecule has 3 nitrogen and oxygen atoms in total. The largest absolute Gasteiger partial charge is 0.355 e. The molecule has 1 rings (SSSR count). The Hall–Kier alpha value is -0.570. The highest BCUT2D eigenvalue weighted by Gasteiger charge is 2.23. The minimum absolute atomic E-state index is 0.239. The Morgan fingerprint density at radius 2 is 1.90 bits per heavy atom. The van der Waals surface area contributed by atoms with E-state index in [1.54, 1.807) is 0 Å². The zero-order chi connectivity index (χ0) is 14.6. The average molecular weight is 282 g/mol. The van der Waals surface area contributed by atoms with Crippen molar-refractivity contribution in [2.24, 2.45) is 5.92 Å². The Bertz CT molecular complexity index is 255. The number of rotatable bonds is 10. The van der Waals surface area contributed by atoms with Crippen LogP contribution in [-0.4, -0.2) is 25.0 Å². The van der Waals surface area contributed by atoms with Crippen molar-refractivity contribution < 1.29 is 4.79 Å². The van der Waals surface area contributed by atoms with E-state index in [4.69, 9.17) is 0 Å². The van der Waals surface area contributed by atoms with Crippen molar-refractivity contribution in [3.63, 3.8) is 0 Å². The molecule has 0 aromatic carbocycles. The molecule has 3 heteroatoms. The lowest BCUT2D eigenvalue weighted by molar-refractivity contribution is -0.121. The summed E-state index contributed by atoms with van der Waals surface area (Å²) in [5.41, 5.74) is 0. The van der Waals surface area contributed by atoms with Crippen LogP contribution in [0.4, 0.5) is 0 Å². The second-order valence-electron chi connectivity index (χ2n) is 6.19. The van der Waals surface area contributed by atoms with Gasteiger partial charge in [0.1, 0.15) is 0 Å². The molecule has 0 aliphatic carbocycles. The van der Waals surface area contributed by atoms with Gasteiger partial charge in [0.05, 0.1) is 0 Å². The number of nitrogens with one attached hydrogen (secondary N) is 2. The summed E-state index contributed by atoms with van der Waals surface area (Å²) in [6.45, 7) is 6.40. The van der Waals surface area contributed by atoms with Gasteiger partial charge in [0.25, 0.3) is 0 Å². The van der Waals surface area contributed by atoms with Gasteiger partial charge in [0, 0.05) is 19.0 Å². The van der Waals surface area contributed by atoms with Gasteiger partial charge in [0.15, 0.2) is 0 Å². The summed E-state index contributed by atoms with van der Waals surface area (Å²) >= 11 is 0. The zero-order valence-corrected chi connectivity index (χ0v) is 13.5. The van der Waals surface area contributed by atoms with E-state index in [0.29, 0.717) is 12.5 Å². The van der Waals surface area contributed by atoms with Gasteiger partial charge in [0.2, 0.25) is 5.91 Å². The molecule has 1 saturated heterocycles. The van der Waals surface area contributed by atoms with E-state index < -0.39 is 0 Å². The third-order valence-corrected chi connectivity index (χ3v) is 4.53. The van der Waals surface area contributed by atoms with Gasteiger partial charge in [-0.1, -0.05) is 52.4 Å². The van der Waals surface area contributed by atoms with Crippen LogP contribution in [0.2, 0.25) is 0 Å². The summed E-state index contributed by atoms with van der Waals surface area (Å²) in [7, 11) is 0. The number of hydrogen-bond donors (Lipinski definition) is 2. The number of piperidine rings is 1. The lowest BCUT2D eigenvalue weighted by atomic mass is 9.88. The predicted octanol–water partition coefficient (Wildman–Crippen LogP) is 3.63. The molecule has 2 N–H and O–H groups in total. The number of unbranched alkanes of at least 4 members (excludes halogenated alkanes) is 5. The van der Waals surface area contributed by atoms with E-state index in [9.17, 15) is 4.79 Å². The van der Waals surface area contributed by atoms with E-state index in [2.05, 4.69) is 24.5 Å². The second-order valence-corrected chi connectivity index (χ2v) is 6.19. The maximum absolute atomic E-state index is 11.8. The molecule has 0 aromatic rings. The summed E-state index contributed by atoms with van der Waals surface area (Å²) < 4.78 is 0. The van der Waals surface area contributed by atoms with Crippen LogP contribution in [0.1, 0.15) is 78.1 Å². The van der Waals surface area contributed by atoms with Crippen LogP contribution in [0.25, 0.3) is 0 Å². The Balaban J connectivity index is 2.04. The fourth-order valence-electron chi connectivity index (χ4n) is 3.13. The van der Waals surface area contributed by atoms with Gasteiger partial charge in [-0.2, -0.15) is 0 Å². The van der Waals surface area contributed by atoms with Crippen molar-refractivity contribution in [3.8, 4) is 0 Å². The van der Waals surface area contributed by atoms with E-state index in [1.165, 1.54) is 51.4 Å². The van der Waals surface area contributed by atoms with E-state index >= 15 is 0 Å². The normalized spacial score (nSPS) is 22.7. The van der Waals surface area contributed by atoms with Crippen molar-refractivity contribution in [1.29, 1.82) is 0 Å². The monoisotopic (exact) mass is 282 g/mol. The van der Waals surface area contributed by atoms with Crippen molar-refractivity contribution in [3.05, 3.63) is 0 Å². The molecule has 1 fully saturated rings. The molecule has 2 atom stereocenters. The van der Waals surface area contributed by atoms with Gasteiger partial charge < -0.3 is 10.6 Å². The molecule has 118 valence electrons. The summed E-state index contributed by atoms with van der Waals surface area (Å²) in [4.78, 5) is 11.8. The van der Waals surface area contributed by atoms with Crippen molar-refractivity contribution in [2.75, 3.05) is 13.1 Å². The minimum atomic E-state index is 0.239. The van der Waals surface area contributed by atoms with E-state index in [1.807, 2.05) is 0 Å². The van der Waals surface area contributed by atoms with Crippen molar-refractivity contribution >= 4 is 5.91 Å². The van der Waals surface area contributed by atoms with Gasteiger partial charge >= 0.3 is 0 Å². The smallest absolute Gasteiger partial charge is 0.220 e. The molecule has 1 heterocycles. The topological polar surface area (TPSA) is 41.1 Å². The lowest BCUT2D eigenvalue weighted by Gasteiger charge is -2.32. The Kier molecular flexibility index (Phi) is 9.73. The fourth-order valence-corrected chi connectivity index (χ4v) is 3.13. The first kappa shape index (κ1) is 17.5. The fraction of sp³-hybridized carbons (Fsp3) is 0.941. The number of carbonyl (C=O) groups excluding carboxylic acids is 1. The van der Waals surface area contributed by atoms with Crippen LogP contribution >= 0.6 is 0 Å². The zero-order valence-electron chi connectivity index (χ0n) is 13.5. The lowest BCUT2D eigenvalue weighted by Crippen LogP contribution is -2.48. The molecule has 2 unspecified atom stereocenters. The van der Waals surface area contributed by atoms with Crippen LogP contribution in [0, 0.1) is 5.92 Å². The molecule has 1 aliphatic heterocycles. The van der Waals surface area contributed by atoms with Crippen LogP contribution in [0.5, 0.6) is 0 Å². The first-order chi connectivity index (χ1) is 9.77. The molecule has 0 radical (unpaired) electrons. The van der Waals surface area contributed by atoms with Gasteiger partial charge in [-0.25, -0.2) is 0 Å². The molecule has 1 amide bonds. The third kappa shape index (κ3) is 7.28. The van der Waals surface area contributed by atoms with E-state index in [-0.39, 0.29) is 5.91 Å². The molecule has 20 heavy (non-hydrogen) atoms. The number of amides is 1. The summed E-state index contributed by atoms with van der Waals surface area (Å²) in [6.07, 6.45) is 12.0. The maximum Gasteiger partial charge on any atom is 0.220 e. The number of hydrogen-bond acceptors (Lipinski definition) is 2. The third-order valence-electron chi connectivity index (χ3n) is 4.53. The molecule has 0 saturated carbocycles. The quantitative estimate of drug-likeness (QED) is 0.601. The first-order valence-corrected chi connectivity index (χ1v) is 8.78. The average Bonchev–Trinajstić information content (AvgIpc) is 2.49. The molecular weight excluding hydrogens is 248 g/mol. The Morgan fingerprint density at radius 1 is 1.15 bits per heavy atom. The van der Waals surface area contributed by atoms with Crippen LogP contribution < -0.4 is 10.6 Å². The molecule has 0 aromatic heterocycles. The number of carbonyl (C=O) groups is 1. The predicted molar refractivity (Wildman–Crippen MR) is 85.8 cm³/mol. The summed E-state index contributed by atoms with van der Waals surface area (Å²) in [5, 5.41) is 6.67. The highest BCUT2D eigenvalue weighted by atomic mass is 16.1. The minimum Gasteiger partial charge on any atom is -0.355 e. The highest BCUT2D eigenvalue weighted by molar-refractivity contribution is 5.75. The summed E-state index contributed by atoms with van der Waals surface area (Å²) in [5.74, 6) is 0.973. The highest BCUT2D eigenvalue weighted by Crippen LogP contribution is 2.19. The van der Waals surface area contributed by atoms with Crippen LogP contribution in [0.3, 0.4) is 0 Å². The van der Waals surface area contributed by atoms with Gasteiger partial charge in [-0.05, 0) is 31.7 Å². The molecule has 0 bridgehead atoms. The van der Waals surface area contributed by atoms with Crippen LogP contribution in [0.15, 0.2) is 0 Å². The van der Waals surface area contributed by atoms with Crippen molar-refractivity contribution in [1.82, 2.24) is 10.6 Å². The first-order valence-electron chi connectivity index (χ1n) is 8.78. The van der Waals surface area contributed by atoms with Gasteiger partial charge in [-0.15, -0.1) is 0 Å². The maximum atomic E-state index is 11.8.